The highest BCUT2D eigenvalue weighted by molar-refractivity contribution is 9.10. The van der Waals surface area contributed by atoms with Crippen LogP contribution in [0.25, 0.3) is 11.2 Å². The van der Waals surface area contributed by atoms with E-state index < -0.39 is 0 Å². The zero-order valence-corrected chi connectivity index (χ0v) is 13.6. The van der Waals surface area contributed by atoms with Gasteiger partial charge in [-0.1, -0.05) is 5.21 Å². The lowest BCUT2D eigenvalue weighted by atomic mass is 10.3. The van der Waals surface area contributed by atoms with Crippen LogP contribution in [0, 0.1) is 0 Å². The van der Waals surface area contributed by atoms with Gasteiger partial charge >= 0.3 is 0 Å². The lowest BCUT2D eigenvalue weighted by Gasteiger charge is -2.07. The Morgan fingerprint density at radius 1 is 1.29 bits per heavy atom. The molecule has 0 unspecified atom stereocenters. The molecular weight excluding hydrogens is 356 g/mol. The fraction of sp³-hybridized carbons (Fsp3) is 0.385. The van der Waals surface area contributed by atoms with E-state index in [0.717, 1.165) is 47.4 Å². The summed E-state index contributed by atoms with van der Waals surface area (Å²) in [6.07, 6.45) is 7.01. The van der Waals surface area contributed by atoms with Gasteiger partial charge < -0.3 is 4.57 Å². The highest BCUT2D eigenvalue weighted by Gasteiger charge is 2.11. The maximum Gasteiger partial charge on any atom is 0.160 e. The van der Waals surface area contributed by atoms with Gasteiger partial charge in [-0.05, 0) is 28.4 Å². The average molecular weight is 370 g/mol. The van der Waals surface area contributed by atoms with Gasteiger partial charge in [-0.25, -0.2) is 9.97 Å². The standard InChI is InChI=1S/C13H14BrClN6/c14-10-8-11-13(16-9-10)21(12(18-11)2-3-15)6-1-5-20-7-4-17-19-20/h4,7-9H,1-3,5-6H2. The molecule has 0 atom stereocenters. The van der Waals surface area contributed by atoms with Crippen molar-refractivity contribution in [3.63, 3.8) is 0 Å². The number of hydrogen-bond acceptors (Lipinski definition) is 4. The molecule has 0 aliphatic carbocycles. The lowest BCUT2D eigenvalue weighted by molar-refractivity contribution is 0.511. The number of hydrogen-bond donors (Lipinski definition) is 0. The van der Waals surface area contributed by atoms with Crippen LogP contribution in [0.4, 0.5) is 0 Å². The molecule has 0 bridgehead atoms. The second-order valence-corrected chi connectivity index (χ2v) is 5.93. The van der Waals surface area contributed by atoms with Crippen molar-refractivity contribution in [2.24, 2.45) is 0 Å². The number of rotatable bonds is 6. The quantitative estimate of drug-likeness (QED) is 0.627. The van der Waals surface area contributed by atoms with Crippen molar-refractivity contribution in [3.8, 4) is 0 Å². The highest BCUT2D eigenvalue weighted by Crippen LogP contribution is 2.19. The summed E-state index contributed by atoms with van der Waals surface area (Å²) in [5.41, 5.74) is 1.79. The summed E-state index contributed by atoms with van der Waals surface area (Å²) in [7, 11) is 0. The number of aromatic nitrogens is 6. The van der Waals surface area contributed by atoms with E-state index >= 15 is 0 Å². The summed E-state index contributed by atoms with van der Waals surface area (Å²) >= 11 is 9.30. The third-order valence-corrected chi connectivity index (χ3v) is 3.81. The maximum absolute atomic E-state index is 5.88. The molecule has 0 N–H and O–H groups in total. The third kappa shape index (κ3) is 3.24. The van der Waals surface area contributed by atoms with E-state index in [2.05, 4.69) is 40.8 Å². The smallest absolute Gasteiger partial charge is 0.160 e. The Hall–Kier alpha value is -1.47. The highest BCUT2D eigenvalue weighted by atomic mass is 79.9. The Morgan fingerprint density at radius 3 is 2.95 bits per heavy atom. The van der Waals surface area contributed by atoms with Gasteiger partial charge in [-0.3, -0.25) is 4.68 Å². The normalized spacial score (nSPS) is 11.3. The monoisotopic (exact) mass is 368 g/mol. The van der Waals surface area contributed by atoms with Crippen LogP contribution in [-0.4, -0.2) is 35.4 Å². The van der Waals surface area contributed by atoms with Gasteiger partial charge in [0.1, 0.15) is 11.3 Å². The summed E-state index contributed by atoms with van der Waals surface area (Å²) < 4.78 is 4.89. The number of fused-ring (bicyclic) bond motifs is 1. The topological polar surface area (TPSA) is 61.4 Å². The van der Waals surface area contributed by atoms with Crippen LogP contribution >= 0.6 is 27.5 Å². The van der Waals surface area contributed by atoms with Crippen LogP contribution in [0.3, 0.4) is 0 Å². The van der Waals surface area contributed by atoms with Crippen molar-refractivity contribution in [1.82, 2.24) is 29.5 Å². The SMILES string of the molecule is ClCCc1nc2cc(Br)cnc2n1CCCn1ccnn1. The molecule has 3 rings (SSSR count). The fourth-order valence-corrected chi connectivity index (χ4v) is 2.77. The first-order chi connectivity index (χ1) is 10.3. The molecule has 0 aliphatic rings. The van der Waals surface area contributed by atoms with Crippen LogP contribution in [-0.2, 0) is 19.5 Å². The summed E-state index contributed by atoms with van der Waals surface area (Å²) in [6, 6.07) is 1.98. The summed E-state index contributed by atoms with van der Waals surface area (Å²) in [6.45, 7) is 1.65. The predicted octanol–water partition coefficient (Wildman–Crippen LogP) is 2.66. The van der Waals surface area contributed by atoms with Crippen LogP contribution < -0.4 is 0 Å². The number of halogens is 2. The molecule has 0 saturated carbocycles. The number of aryl methyl sites for hydroxylation is 3. The Kier molecular flexibility index (Phi) is 4.50. The second kappa shape index (κ2) is 6.53. The lowest BCUT2D eigenvalue weighted by Crippen LogP contribution is -2.09. The zero-order chi connectivity index (χ0) is 14.7. The molecule has 21 heavy (non-hydrogen) atoms. The Balaban J connectivity index is 1.82. The minimum absolute atomic E-state index is 0.549. The van der Waals surface area contributed by atoms with Gasteiger partial charge in [0, 0.05) is 42.3 Å². The first-order valence-electron chi connectivity index (χ1n) is 6.68. The second-order valence-electron chi connectivity index (χ2n) is 4.63. The van der Waals surface area contributed by atoms with Crippen LogP contribution in [0.2, 0.25) is 0 Å². The van der Waals surface area contributed by atoms with Gasteiger partial charge in [-0.15, -0.1) is 16.7 Å². The van der Waals surface area contributed by atoms with Gasteiger partial charge in [0.15, 0.2) is 5.65 Å². The minimum atomic E-state index is 0.549. The van der Waals surface area contributed by atoms with E-state index in [1.54, 1.807) is 12.4 Å². The van der Waals surface area contributed by atoms with E-state index in [1.165, 1.54) is 0 Å². The number of nitrogens with zero attached hydrogens (tertiary/aromatic N) is 6. The van der Waals surface area contributed by atoms with Crippen molar-refractivity contribution in [2.45, 2.75) is 25.9 Å². The fourth-order valence-electron chi connectivity index (χ4n) is 2.29. The summed E-state index contributed by atoms with van der Waals surface area (Å²) in [5, 5.41) is 7.77. The third-order valence-electron chi connectivity index (χ3n) is 3.19. The molecule has 3 heterocycles. The Labute approximate surface area is 135 Å². The van der Waals surface area contributed by atoms with Crippen LogP contribution in [0.15, 0.2) is 29.1 Å². The minimum Gasteiger partial charge on any atom is -0.313 e. The molecule has 0 saturated heterocycles. The Bertz CT molecular complexity index is 724. The molecule has 8 heteroatoms. The maximum atomic E-state index is 5.88. The first kappa shape index (κ1) is 14.5. The molecule has 0 aromatic carbocycles. The molecule has 0 amide bonds. The van der Waals surface area contributed by atoms with Crippen molar-refractivity contribution in [3.05, 3.63) is 35.0 Å². The molecule has 0 aliphatic heterocycles. The van der Waals surface area contributed by atoms with Crippen molar-refractivity contribution < 1.29 is 0 Å². The van der Waals surface area contributed by atoms with Gasteiger partial charge in [0.05, 0.1) is 6.20 Å². The van der Waals surface area contributed by atoms with Gasteiger partial charge in [-0.2, -0.15) is 0 Å². The number of pyridine rings is 1. The van der Waals surface area contributed by atoms with Crippen molar-refractivity contribution >= 4 is 38.7 Å². The van der Waals surface area contributed by atoms with Crippen molar-refractivity contribution in [2.75, 3.05) is 5.88 Å². The van der Waals surface area contributed by atoms with E-state index in [9.17, 15) is 0 Å². The first-order valence-corrected chi connectivity index (χ1v) is 8.01. The van der Waals surface area contributed by atoms with Crippen LogP contribution in [0.5, 0.6) is 0 Å². The van der Waals surface area contributed by atoms with Gasteiger partial charge in [0.25, 0.3) is 0 Å². The van der Waals surface area contributed by atoms with E-state index in [0.29, 0.717) is 5.88 Å². The van der Waals surface area contributed by atoms with Crippen LogP contribution in [0.1, 0.15) is 12.2 Å². The molecule has 0 spiro atoms. The van der Waals surface area contributed by atoms with E-state index in [-0.39, 0.29) is 0 Å². The zero-order valence-electron chi connectivity index (χ0n) is 11.3. The molecule has 110 valence electrons. The largest absolute Gasteiger partial charge is 0.313 e. The van der Waals surface area contributed by atoms with Crippen molar-refractivity contribution in [1.29, 1.82) is 0 Å². The number of alkyl halides is 1. The summed E-state index contributed by atoms with van der Waals surface area (Å²) in [5.74, 6) is 1.53. The molecule has 3 aromatic heterocycles. The van der Waals surface area contributed by atoms with Gasteiger partial charge in [0.2, 0.25) is 0 Å². The molecule has 3 aromatic rings. The van der Waals surface area contributed by atoms with E-state index in [1.807, 2.05) is 16.9 Å². The molecule has 6 nitrogen and oxygen atoms in total. The summed E-state index contributed by atoms with van der Waals surface area (Å²) in [4.78, 5) is 9.11. The van der Waals surface area contributed by atoms with E-state index in [4.69, 9.17) is 11.6 Å². The molecular formula is C13H14BrClN6. The Morgan fingerprint density at radius 2 is 2.19 bits per heavy atom. The molecule has 0 radical (unpaired) electrons. The average Bonchev–Trinajstić information content (AvgIpc) is 3.08. The molecule has 0 fully saturated rings. The predicted molar refractivity (Wildman–Crippen MR) is 84.3 cm³/mol. The number of imidazole rings is 1.